The Labute approximate surface area is 112 Å². The van der Waals surface area contributed by atoms with Crippen LogP contribution < -0.4 is 16.0 Å². The number of hydrogen-bond acceptors (Lipinski definition) is 3. The van der Waals surface area contributed by atoms with Crippen molar-refractivity contribution in [3.63, 3.8) is 0 Å². The average molecular weight is 261 g/mol. The number of hydrogen-bond donors (Lipinski definition) is 3. The molecule has 3 N–H and O–H groups in total. The van der Waals surface area contributed by atoms with Gasteiger partial charge in [0.25, 0.3) is 5.91 Å². The molecule has 5 heteroatoms. The van der Waals surface area contributed by atoms with Crippen molar-refractivity contribution in [1.82, 2.24) is 10.6 Å². The number of piperidine rings is 1. The van der Waals surface area contributed by atoms with E-state index in [-0.39, 0.29) is 17.9 Å². The second kappa shape index (κ2) is 6.33. The number of anilines is 1. The minimum atomic E-state index is -0.160. The Balaban J connectivity index is 2.02. The van der Waals surface area contributed by atoms with E-state index in [1.54, 1.807) is 31.3 Å². The highest BCUT2D eigenvalue weighted by Crippen LogP contribution is 2.13. The molecule has 1 saturated heterocycles. The van der Waals surface area contributed by atoms with Crippen LogP contribution in [-0.4, -0.2) is 31.4 Å². The molecule has 0 aromatic heterocycles. The number of amides is 2. The minimum absolute atomic E-state index is 0.0336. The van der Waals surface area contributed by atoms with E-state index >= 15 is 0 Å². The molecule has 2 amide bonds. The van der Waals surface area contributed by atoms with Crippen LogP contribution in [-0.2, 0) is 4.79 Å². The zero-order valence-corrected chi connectivity index (χ0v) is 11.0. The summed E-state index contributed by atoms with van der Waals surface area (Å²) in [4.78, 5) is 23.6. The van der Waals surface area contributed by atoms with Crippen LogP contribution in [0.2, 0.25) is 0 Å². The summed E-state index contributed by atoms with van der Waals surface area (Å²) < 4.78 is 0. The molecule has 0 saturated carbocycles. The molecular weight excluding hydrogens is 242 g/mol. The molecule has 0 radical (unpaired) electrons. The fourth-order valence-corrected chi connectivity index (χ4v) is 2.19. The minimum Gasteiger partial charge on any atom is -0.355 e. The number of carbonyl (C=O) groups is 2. The van der Waals surface area contributed by atoms with Gasteiger partial charge in [-0.05, 0) is 37.6 Å². The first kappa shape index (κ1) is 13.5. The standard InChI is InChI=1S/C14H19N3O2/c1-15-13(18)10-5-4-6-11(9-10)17-14(19)12-7-2-3-8-16-12/h4-6,9,12,16H,2-3,7-8H2,1H3,(H,15,18)(H,17,19). The van der Waals surface area contributed by atoms with Crippen LogP contribution in [0.5, 0.6) is 0 Å². The number of carbonyl (C=O) groups excluding carboxylic acids is 2. The Hall–Kier alpha value is -1.88. The second-order valence-electron chi connectivity index (χ2n) is 4.65. The highest BCUT2D eigenvalue weighted by Gasteiger charge is 2.20. The van der Waals surface area contributed by atoms with Crippen molar-refractivity contribution in [2.45, 2.75) is 25.3 Å². The smallest absolute Gasteiger partial charge is 0.251 e. The highest BCUT2D eigenvalue weighted by atomic mass is 16.2. The summed E-state index contributed by atoms with van der Waals surface area (Å²) in [5, 5.41) is 8.61. The average Bonchev–Trinajstić information content (AvgIpc) is 2.47. The number of rotatable bonds is 3. The van der Waals surface area contributed by atoms with Crippen LogP contribution in [0.15, 0.2) is 24.3 Å². The third-order valence-electron chi connectivity index (χ3n) is 3.25. The van der Waals surface area contributed by atoms with Gasteiger partial charge in [0.05, 0.1) is 6.04 Å². The van der Waals surface area contributed by atoms with E-state index < -0.39 is 0 Å². The third-order valence-corrected chi connectivity index (χ3v) is 3.25. The van der Waals surface area contributed by atoms with Gasteiger partial charge >= 0.3 is 0 Å². The van der Waals surface area contributed by atoms with Crippen LogP contribution in [0, 0.1) is 0 Å². The summed E-state index contributed by atoms with van der Waals surface area (Å²) in [7, 11) is 1.58. The van der Waals surface area contributed by atoms with Crippen molar-refractivity contribution in [3.05, 3.63) is 29.8 Å². The largest absolute Gasteiger partial charge is 0.355 e. The SMILES string of the molecule is CNC(=O)c1cccc(NC(=O)C2CCCCN2)c1. The lowest BCUT2D eigenvalue weighted by Crippen LogP contribution is -2.43. The molecule has 1 atom stereocenters. The van der Waals surface area contributed by atoms with Gasteiger partial charge in [-0.1, -0.05) is 12.5 Å². The lowest BCUT2D eigenvalue weighted by atomic mass is 10.0. The van der Waals surface area contributed by atoms with Gasteiger partial charge in [-0.2, -0.15) is 0 Å². The highest BCUT2D eigenvalue weighted by molar-refractivity contribution is 5.98. The lowest BCUT2D eigenvalue weighted by molar-refractivity contribution is -0.118. The first-order valence-electron chi connectivity index (χ1n) is 6.57. The maximum atomic E-state index is 12.0. The molecule has 0 spiro atoms. The zero-order valence-electron chi connectivity index (χ0n) is 11.0. The normalized spacial score (nSPS) is 18.7. The van der Waals surface area contributed by atoms with E-state index in [2.05, 4.69) is 16.0 Å². The van der Waals surface area contributed by atoms with Crippen molar-refractivity contribution >= 4 is 17.5 Å². The molecule has 2 rings (SSSR count). The molecule has 1 aromatic carbocycles. The van der Waals surface area contributed by atoms with E-state index in [1.807, 2.05) is 0 Å². The predicted octanol–water partition coefficient (Wildman–Crippen LogP) is 1.13. The maximum Gasteiger partial charge on any atom is 0.251 e. The van der Waals surface area contributed by atoms with Crippen molar-refractivity contribution < 1.29 is 9.59 Å². The number of benzene rings is 1. The van der Waals surface area contributed by atoms with Gasteiger partial charge in [0.2, 0.25) is 5.91 Å². The van der Waals surface area contributed by atoms with E-state index in [9.17, 15) is 9.59 Å². The predicted molar refractivity (Wildman–Crippen MR) is 74.1 cm³/mol. The molecule has 1 aliphatic heterocycles. The monoisotopic (exact) mass is 261 g/mol. The summed E-state index contributed by atoms with van der Waals surface area (Å²) >= 11 is 0. The fourth-order valence-electron chi connectivity index (χ4n) is 2.19. The third kappa shape index (κ3) is 3.54. The Bertz CT molecular complexity index is 468. The molecule has 102 valence electrons. The molecule has 5 nitrogen and oxygen atoms in total. The summed E-state index contributed by atoms with van der Waals surface area (Å²) in [6.45, 7) is 0.885. The Morgan fingerprint density at radius 2 is 2.16 bits per heavy atom. The zero-order chi connectivity index (χ0) is 13.7. The van der Waals surface area contributed by atoms with Gasteiger partial charge in [0.15, 0.2) is 0 Å². The molecular formula is C14H19N3O2. The first-order chi connectivity index (χ1) is 9.20. The Morgan fingerprint density at radius 1 is 1.32 bits per heavy atom. The van der Waals surface area contributed by atoms with Crippen molar-refractivity contribution in [2.75, 3.05) is 18.9 Å². The van der Waals surface area contributed by atoms with Gasteiger partial charge < -0.3 is 16.0 Å². The van der Waals surface area contributed by atoms with Crippen molar-refractivity contribution in [3.8, 4) is 0 Å². The molecule has 1 heterocycles. The molecule has 1 unspecified atom stereocenters. The quantitative estimate of drug-likeness (QED) is 0.764. The van der Waals surface area contributed by atoms with Gasteiger partial charge in [-0.25, -0.2) is 0 Å². The van der Waals surface area contributed by atoms with Crippen molar-refractivity contribution in [1.29, 1.82) is 0 Å². The molecule has 19 heavy (non-hydrogen) atoms. The van der Waals surface area contributed by atoms with Crippen LogP contribution in [0.4, 0.5) is 5.69 Å². The Morgan fingerprint density at radius 3 is 2.84 bits per heavy atom. The summed E-state index contributed by atoms with van der Waals surface area (Å²) in [6.07, 6.45) is 3.06. The molecule has 1 fully saturated rings. The lowest BCUT2D eigenvalue weighted by Gasteiger charge is -2.22. The fraction of sp³-hybridized carbons (Fsp3) is 0.429. The second-order valence-corrected chi connectivity index (χ2v) is 4.65. The van der Waals surface area contributed by atoms with Gasteiger partial charge in [0.1, 0.15) is 0 Å². The van der Waals surface area contributed by atoms with Gasteiger partial charge in [0, 0.05) is 18.3 Å². The molecule has 1 aliphatic rings. The van der Waals surface area contributed by atoms with Gasteiger partial charge in [-0.3, -0.25) is 9.59 Å². The Kier molecular flexibility index (Phi) is 4.52. The molecule has 0 aliphatic carbocycles. The van der Waals surface area contributed by atoms with Crippen LogP contribution >= 0.6 is 0 Å². The van der Waals surface area contributed by atoms with Crippen LogP contribution in [0.1, 0.15) is 29.6 Å². The van der Waals surface area contributed by atoms with Crippen molar-refractivity contribution in [2.24, 2.45) is 0 Å². The van der Waals surface area contributed by atoms with E-state index in [4.69, 9.17) is 0 Å². The summed E-state index contributed by atoms with van der Waals surface area (Å²) in [6, 6.07) is 6.81. The first-order valence-corrected chi connectivity index (χ1v) is 6.57. The maximum absolute atomic E-state index is 12.0. The topological polar surface area (TPSA) is 70.2 Å². The van der Waals surface area contributed by atoms with E-state index in [0.29, 0.717) is 11.3 Å². The summed E-state index contributed by atoms with van der Waals surface area (Å²) in [5.41, 5.74) is 1.19. The molecule has 0 bridgehead atoms. The molecule has 1 aromatic rings. The van der Waals surface area contributed by atoms with Crippen LogP contribution in [0.25, 0.3) is 0 Å². The van der Waals surface area contributed by atoms with Crippen LogP contribution in [0.3, 0.4) is 0 Å². The number of nitrogens with one attached hydrogen (secondary N) is 3. The summed E-state index contributed by atoms with van der Waals surface area (Å²) in [5.74, 6) is -0.194. The van der Waals surface area contributed by atoms with E-state index in [0.717, 1.165) is 25.8 Å². The van der Waals surface area contributed by atoms with E-state index in [1.165, 1.54) is 0 Å². The van der Waals surface area contributed by atoms with Gasteiger partial charge in [-0.15, -0.1) is 0 Å².